The molecule has 1 saturated carbocycles. The summed E-state index contributed by atoms with van der Waals surface area (Å²) in [6, 6.07) is 5.12. The Hall–Kier alpha value is -0.340. The summed E-state index contributed by atoms with van der Waals surface area (Å²) in [7, 11) is 0. The monoisotopic (exact) mass is 153 g/mol. The van der Waals surface area contributed by atoms with E-state index in [0.29, 0.717) is 0 Å². The van der Waals surface area contributed by atoms with Gasteiger partial charge in [-0.2, -0.15) is 0 Å². The lowest BCUT2D eigenvalue weighted by Gasteiger charge is -1.96. The van der Waals surface area contributed by atoms with Gasteiger partial charge in [-0.05, 0) is 24.3 Å². The molecule has 54 valence electrons. The minimum atomic E-state index is 0.835. The predicted molar refractivity (Wildman–Crippen MR) is 44.2 cm³/mol. The lowest BCUT2D eigenvalue weighted by molar-refractivity contribution is 0.695. The Balaban J connectivity index is 1.79. The van der Waals surface area contributed by atoms with E-state index < -0.39 is 0 Å². The molecule has 0 amide bonds. The maximum atomic E-state index is 3.47. The summed E-state index contributed by atoms with van der Waals surface area (Å²) in [6.07, 6.45) is 2.76. The Morgan fingerprint density at radius 2 is 2.50 bits per heavy atom. The molecule has 2 heteroatoms. The van der Waals surface area contributed by atoms with Crippen LogP contribution in [0.5, 0.6) is 0 Å². The Kier molecular flexibility index (Phi) is 1.74. The van der Waals surface area contributed by atoms with Gasteiger partial charge in [-0.25, -0.2) is 0 Å². The summed E-state index contributed by atoms with van der Waals surface area (Å²) in [4.78, 5) is 1.45. The Morgan fingerprint density at radius 3 is 3.10 bits per heavy atom. The zero-order valence-electron chi connectivity index (χ0n) is 5.84. The maximum absolute atomic E-state index is 3.47. The van der Waals surface area contributed by atoms with Gasteiger partial charge in [-0.15, -0.1) is 11.3 Å². The Morgan fingerprint density at radius 1 is 1.60 bits per heavy atom. The van der Waals surface area contributed by atoms with E-state index in [9.17, 15) is 0 Å². The first kappa shape index (κ1) is 6.38. The molecule has 1 aliphatic rings. The molecule has 0 aliphatic heterocycles. The first-order chi connectivity index (χ1) is 4.95. The van der Waals surface area contributed by atoms with Crippen molar-refractivity contribution >= 4 is 11.3 Å². The van der Waals surface area contributed by atoms with Crippen LogP contribution < -0.4 is 5.32 Å². The van der Waals surface area contributed by atoms with Crippen LogP contribution >= 0.6 is 11.3 Å². The summed E-state index contributed by atoms with van der Waals surface area (Å²) < 4.78 is 0. The lowest BCUT2D eigenvalue weighted by atomic mass is 10.4. The molecule has 0 saturated heterocycles. The third-order valence-corrected chi connectivity index (χ3v) is 2.60. The average Bonchev–Trinajstić information content (AvgIpc) is 2.63. The van der Waals surface area contributed by atoms with Gasteiger partial charge in [0.25, 0.3) is 0 Å². The van der Waals surface area contributed by atoms with E-state index in [2.05, 4.69) is 22.8 Å². The third-order valence-electron chi connectivity index (χ3n) is 1.72. The van der Waals surface area contributed by atoms with E-state index in [1.54, 1.807) is 0 Å². The molecule has 0 unspecified atom stereocenters. The van der Waals surface area contributed by atoms with Crippen molar-refractivity contribution in [2.24, 2.45) is 0 Å². The molecule has 0 radical (unpaired) electrons. The fraction of sp³-hybridized carbons (Fsp3) is 0.500. The highest BCUT2D eigenvalue weighted by atomic mass is 32.1. The van der Waals surface area contributed by atoms with Crippen LogP contribution in [0.4, 0.5) is 0 Å². The summed E-state index contributed by atoms with van der Waals surface area (Å²) in [5.41, 5.74) is 0. The van der Waals surface area contributed by atoms with Crippen LogP contribution in [-0.2, 0) is 6.54 Å². The highest BCUT2D eigenvalue weighted by Gasteiger charge is 2.19. The number of hydrogen-bond acceptors (Lipinski definition) is 2. The van der Waals surface area contributed by atoms with Crippen molar-refractivity contribution in [1.82, 2.24) is 5.32 Å². The van der Waals surface area contributed by atoms with E-state index in [1.165, 1.54) is 17.7 Å². The first-order valence-electron chi connectivity index (χ1n) is 3.71. The molecule has 0 atom stereocenters. The number of hydrogen-bond donors (Lipinski definition) is 1. The quantitative estimate of drug-likeness (QED) is 0.700. The molecule has 1 nitrogen and oxygen atoms in total. The Labute approximate surface area is 65.1 Å². The van der Waals surface area contributed by atoms with Crippen molar-refractivity contribution in [3.63, 3.8) is 0 Å². The largest absolute Gasteiger partial charge is 0.309 e. The van der Waals surface area contributed by atoms with E-state index in [-0.39, 0.29) is 0 Å². The standard InChI is InChI=1S/C8H11NS/c1-2-8(10-5-1)6-9-7-3-4-7/h1-2,5,7,9H,3-4,6H2. The van der Waals surface area contributed by atoms with Crippen LogP contribution in [0.25, 0.3) is 0 Å². The number of thiophene rings is 1. The SMILES string of the molecule is c1csc(CNC2CC2)c1. The summed E-state index contributed by atoms with van der Waals surface area (Å²) in [6.45, 7) is 1.07. The Bertz CT molecular complexity index is 189. The minimum Gasteiger partial charge on any atom is -0.309 e. The van der Waals surface area contributed by atoms with Gasteiger partial charge in [-0.1, -0.05) is 6.07 Å². The van der Waals surface area contributed by atoms with Crippen molar-refractivity contribution in [3.8, 4) is 0 Å². The van der Waals surface area contributed by atoms with Gasteiger partial charge in [0.2, 0.25) is 0 Å². The average molecular weight is 153 g/mol. The summed E-state index contributed by atoms with van der Waals surface area (Å²) >= 11 is 1.83. The van der Waals surface area contributed by atoms with Crippen molar-refractivity contribution < 1.29 is 0 Å². The molecule has 0 aromatic carbocycles. The summed E-state index contributed by atoms with van der Waals surface area (Å²) in [5.74, 6) is 0. The normalized spacial score (nSPS) is 17.6. The molecule has 10 heavy (non-hydrogen) atoms. The molecule has 2 rings (SSSR count). The highest BCUT2D eigenvalue weighted by molar-refractivity contribution is 7.09. The van der Waals surface area contributed by atoms with Gasteiger partial charge < -0.3 is 5.32 Å². The maximum Gasteiger partial charge on any atom is 0.0302 e. The van der Waals surface area contributed by atoms with Crippen molar-refractivity contribution in [2.75, 3.05) is 0 Å². The highest BCUT2D eigenvalue weighted by Crippen LogP contribution is 2.19. The molecule has 1 fully saturated rings. The molecule has 1 heterocycles. The second-order valence-electron chi connectivity index (χ2n) is 2.73. The van der Waals surface area contributed by atoms with Crippen LogP contribution in [0.3, 0.4) is 0 Å². The van der Waals surface area contributed by atoms with Crippen LogP contribution in [-0.4, -0.2) is 6.04 Å². The van der Waals surface area contributed by atoms with Crippen molar-refractivity contribution in [2.45, 2.75) is 25.4 Å². The topological polar surface area (TPSA) is 12.0 Å². The fourth-order valence-electron chi connectivity index (χ4n) is 0.946. The zero-order chi connectivity index (χ0) is 6.81. The van der Waals surface area contributed by atoms with E-state index >= 15 is 0 Å². The van der Waals surface area contributed by atoms with Gasteiger partial charge in [0.15, 0.2) is 0 Å². The molecule has 1 aromatic heterocycles. The van der Waals surface area contributed by atoms with Crippen LogP contribution in [0.1, 0.15) is 17.7 Å². The van der Waals surface area contributed by atoms with Gasteiger partial charge in [-0.3, -0.25) is 0 Å². The molecule has 1 N–H and O–H groups in total. The van der Waals surface area contributed by atoms with Crippen molar-refractivity contribution in [1.29, 1.82) is 0 Å². The lowest BCUT2D eigenvalue weighted by Crippen LogP contribution is -2.14. The number of nitrogens with one attached hydrogen (secondary N) is 1. The van der Waals surface area contributed by atoms with Gasteiger partial charge in [0, 0.05) is 17.5 Å². The van der Waals surface area contributed by atoms with Gasteiger partial charge in [0.1, 0.15) is 0 Å². The van der Waals surface area contributed by atoms with Crippen LogP contribution in [0.15, 0.2) is 17.5 Å². The fourth-order valence-corrected chi connectivity index (χ4v) is 1.60. The van der Waals surface area contributed by atoms with Crippen LogP contribution in [0.2, 0.25) is 0 Å². The predicted octanol–water partition coefficient (Wildman–Crippen LogP) is 2.00. The first-order valence-corrected chi connectivity index (χ1v) is 4.59. The second-order valence-corrected chi connectivity index (χ2v) is 3.77. The second kappa shape index (κ2) is 2.72. The van der Waals surface area contributed by atoms with E-state index in [4.69, 9.17) is 0 Å². The van der Waals surface area contributed by atoms with Crippen molar-refractivity contribution in [3.05, 3.63) is 22.4 Å². The smallest absolute Gasteiger partial charge is 0.0302 e. The third kappa shape index (κ3) is 1.58. The van der Waals surface area contributed by atoms with E-state index in [1.807, 2.05) is 11.3 Å². The van der Waals surface area contributed by atoms with Gasteiger partial charge in [0.05, 0.1) is 0 Å². The van der Waals surface area contributed by atoms with Crippen LogP contribution in [0, 0.1) is 0 Å². The molecule has 0 bridgehead atoms. The molecular weight excluding hydrogens is 142 g/mol. The van der Waals surface area contributed by atoms with Gasteiger partial charge >= 0.3 is 0 Å². The molecule has 1 aliphatic carbocycles. The molecule has 1 aromatic rings. The number of rotatable bonds is 3. The minimum absolute atomic E-state index is 0.835. The summed E-state index contributed by atoms with van der Waals surface area (Å²) in [5, 5.41) is 5.60. The zero-order valence-corrected chi connectivity index (χ0v) is 6.66. The molecule has 0 spiro atoms. The van der Waals surface area contributed by atoms with E-state index in [0.717, 1.165) is 12.6 Å². The molecular formula is C8H11NS.